The zero-order valence-corrected chi connectivity index (χ0v) is 8.55. The molecule has 0 fully saturated rings. The standard InChI is InChI=1S/C12H18O/c1-4-7-12(11(3)13)8-5-10(2)6-9-12/h4-5,8,10H,1,6-7,9H2,2-3H3/t10-,12-/m1/s1. The number of hydrogen-bond donors (Lipinski definition) is 0. The molecule has 2 atom stereocenters. The van der Waals surface area contributed by atoms with Gasteiger partial charge in [-0.1, -0.05) is 25.2 Å². The molecule has 0 bridgehead atoms. The lowest BCUT2D eigenvalue weighted by atomic mass is 9.71. The molecule has 1 aliphatic carbocycles. The van der Waals surface area contributed by atoms with Gasteiger partial charge in [0, 0.05) is 0 Å². The van der Waals surface area contributed by atoms with E-state index in [9.17, 15) is 4.79 Å². The van der Waals surface area contributed by atoms with Gasteiger partial charge < -0.3 is 0 Å². The van der Waals surface area contributed by atoms with Crippen molar-refractivity contribution >= 4 is 5.78 Å². The first-order valence-corrected chi connectivity index (χ1v) is 4.92. The fourth-order valence-corrected chi connectivity index (χ4v) is 1.88. The van der Waals surface area contributed by atoms with Crippen LogP contribution in [0.2, 0.25) is 0 Å². The quantitative estimate of drug-likeness (QED) is 0.607. The van der Waals surface area contributed by atoms with Crippen molar-refractivity contribution in [3.63, 3.8) is 0 Å². The van der Waals surface area contributed by atoms with Crippen LogP contribution in [0.1, 0.15) is 33.1 Å². The SMILES string of the molecule is C=CC[C@@]1(C(C)=O)C=C[C@@H](C)CC1. The van der Waals surface area contributed by atoms with E-state index in [0.29, 0.717) is 5.92 Å². The van der Waals surface area contributed by atoms with Crippen molar-refractivity contribution in [2.45, 2.75) is 33.1 Å². The van der Waals surface area contributed by atoms with Crippen molar-refractivity contribution in [2.24, 2.45) is 11.3 Å². The first kappa shape index (κ1) is 10.2. The average Bonchev–Trinajstić information content (AvgIpc) is 2.09. The lowest BCUT2D eigenvalue weighted by molar-refractivity contribution is -0.124. The molecule has 72 valence electrons. The maximum Gasteiger partial charge on any atom is 0.140 e. The van der Waals surface area contributed by atoms with E-state index in [0.717, 1.165) is 19.3 Å². The molecule has 1 rings (SSSR count). The molecule has 1 aliphatic rings. The predicted molar refractivity (Wildman–Crippen MR) is 55.5 cm³/mol. The zero-order chi connectivity index (χ0) is 9.90. The van der Waals surface area contributed by atoms with Gasteiger partial charge in [-0.25, -0.2) is 0 Å². The highest BCUT2D eigenvalue weighted by atomic mass is 16.1. The van der Waals surface area contributed by atoms with Gasteiger partial charge in [0.25, 0.3) is 0 Å². The van der Waals surface area contributed by atoms with Crippen LogP contribution in [0, 0.1) is 11.3 Å². The molecule has 0 amide bonds. The third-order valence-electron chi connectivity index (χ3n) is 3.00. The Morgan fingerprint density at radius 3 is 2.85 bits per heavy atom. The van der Waals surface area contributed by atoms with Crippen LogP contribution < -0.4 is 0 Å². The van der Waals surface area contributed by atoms with Gasteiger partial charge in [0.05, 0.1) is 5.41 Å². The third-order valence-corrected chi connectivity index (χ3v) is 3.00. The van der Waals surface area contributed by atoms with E-state index in [2.05, 4.69) is 25.7 Å². The Bertz CT molecular complexity index is 240. The van der Waals surface area contributed by atoms with Gasteiger partial charge >= 0.3 is 0 Å². The number of hydrogen-bond acceptors (Lipinski definition) is 1. The number of ketones is 1. The Labute approximate surface area is 80.5 Å². The normalized spacial score (nSPS) is 32.9. The molecular weight excluding hydrogens is 160 g/mol. The lowest BCUT2D eigenvalue weighted by Crippen LogP contribution is -2.29. The van der Waals surface area contributed by atoms with Crippen LogP contribution in [0.25, 0.3) is 0 Å². The zero-order valence-electron chi connectivity index (χ0n) is 8.55. The Kier molecular flexibility index (Phi) is 3.07. The summed E-state index contributed by atoms with van der Waals surface area (Å²) in [5.74, 6) is 0.896. The second-order valence-electron chi connectivity index (χ2n) is 4.08. The Morgan fingerprint density at radius 2 is 2.46 bits per heavy atom. The Morgan fingerprint density at radius 1 is 1.77 bits per heavy atom. The highest BCUT2D eigenvalue weighted by molar-refractivity contribution is 5.84. The van der Waals surface area contributed by atoms with E-state index in [-0.39, 0.29) is 11.2 Å². The minimum absolute atomic E-state index is 0.228. The molecule has 13 heavy (non-hydrogen) atoms. The second-order valence-corrected chi connectivity index (χ2v) is 4.08. The molecular formula is C12H18O. The van der Waals surface area contributed by atoms with Crippen molar-refractivity contribution < 1.29 is 4.79 Å². The number of allylic oxidation sites excluding steroid dienone is 3. The number of rotatable bonds is 3. The van der Waals surface area contributed by atoms with Gasteiger partial charge in [0.2, 0.25) is 0 Å². The molecule has 0 aromatic carbocycles. The van der Waals surface area contributed by atoms with E-state index < -0.39 is 0 Å². The summed E-state index contributed by atoms with van der Waals surface area (Å²) in [5.41, 5.74) is -0.228. The smallest absolute Gasteiger partial charge is 0.140 e. The number of Topliss-reactive ketones (excluding diaryl/α,β-unsaturated/α-hetero) is 1. The predicted octanol–water partition coefficient (Wildman–Crippen LogP) is 3.12. The number of carbonyl (C=O) groups excluding carboxylic acids is 1. The van der Waals surface area contributed by atoms with Crippen molar-refractivity contribution in [3.8, 4) is 0 Å². The summed E-state index contributed by atoms with van der Waals surface area (Å²) < 4.78 is 0. The van der Waals surface area contributed by atoms with E-state index in [4.69, 9.17) is 0 Å². The van der Waals surface area contributed by atoms with Crippen molar-refractivity contribution in [2.75, 3.05) is 0 Å². The molecule has 0 saturated heterocycles. The molecule has 0 aromatic rings. The summed E-state index contributed by atoms with van der Waals surface area (Å²) in [6, 6.07) is 0. The summed E-state index contributed by atoms with van der Waals surface area (Å²) in [5, 5.41) is 0. The van der Waals surface area contributed by atoms with Crippen LogP contribution in [0.15, 0.2) is 24.8 Å². The van der Waals surface area contributed by atoms with Crippen LogP contribution in [-0.2, 0) is 4.79 Å². The monoisotopic (exact) mass is 178 g/mol. The van der Waals surface area contributed by atoms with Gasteiger partial charge in [-0.05, 0) is 32.1 Å². The molecule has 0 unspecified atom stereocenters. The molecule has 1 heteroatoms. The summed E-state index contributed by atoms with van der Waals surface area (Å²) in [7, 11) is 0. The van der Waals surface area contributed by atoms with Crippen LogP contribution >= 0.6 is 0 Å². The van der Waals surface area contributed by atoms with E-state index in [1.54, 1.807) is 6.92 Å². The first-order chi connectivity index (χ1) is 6.10. The van der Waals surface area contributed by atoms with E-state index in [1.807, 2.05) is 6.08 Å². The highest BCUT2D eigenvalue weighted by Gasteiger charge is 2.33. The summed E-state index contributed by atoms with van der Waals surface area (Å²) in [6.45, 7) is 7.59. The third kappa shape index (κ3) is 2.09. The van der Waals surface area contributed by atoms with Crippen molar-refractivity contribution in [3.05, 3.63) is 24.8 Å². The average molecular weight is 178 g/mol. The molecule has 0 aromatic heterocycles. The molecule has 0 saturated carbocycles. The molecule has 1 nitrogen and oxygen atoms in total. The van der Waals surface area contributed by atoms with Gasteiger partial charge in [-0.2, -0.15) is 0 Å². The molecule has 0 radical (unpaired) electrons. The Hall–Kier alpha value is -0.850. The van der Waals surface area contributed by atoms with Crippen LogP contribution in [0.5, 0.6) is 0 Å². The molecule has 0 N–H and O–H groups in total. The van der Waals surface area contributed by atoms with Gasteiger partial charge in [-0.15, -0.1) is 6.58 Å². The maximum atomic E-state index is 11.5. The van der Waals surface area contributed by atoms with Crippen molar-refractivity contribution in [1.29, 1.82) is 0 Å². The van der Waals surface area contributed by atoms with Crippen molar-refractivity contribution in [1.82, 2.24) is 0 Å². The van der Waals surface area contributed by atoms with Crippen LogP contribution in [0.4, 0.5) is 0 Å². The van der Waals surface area contributed by atoms with E-state index in [1.165, 1.54) is 0 Å². The number of carbonyl (C=O) groups is 1. The largest absolute Gasteiger partial charge is 0.299 e. The first-order valence-electron chi connectivity index (χ1n) is 4.92. The van der Waals surface area contributed by atoms with Gasteiger partial charge in [0.15, 0.2) is 0 Å². The maximum absolute atomic E-state index is 11.5. The van der Waals surface area contributed by atoms with Crippen LogP contribution in [-0.4, -0.2) is 5.78 Å². The molecule has 0 spiro atoms. The van der Waals surface area contributed by atoms with Gasteiger partial charge in [0.1, 0.15) is 5.78 Å². The second kappa shape index (κ2) is 3.91. The fourth-order valence-electron chi connectivity index (χ4n) is 1.88. The Balaban J connectivity index is 2.86. The van der Waals surface area contributed by atoms with E-state index >= 15 is 0 Å². The highest BCUT2D eigenvalue weighted by Crippen LogP contribution is 2.37. The minimum atomic E-state index is -0.228. The molecule has 0 aliphatic heterocycles. The minimum Gasteiger partial charge on any atom is -0.299 e. The summed E-state index contributed by atoms with van der Waals surface area (Å²) in [4.78, 5) is 11.5. The summed E-state index contributed by atoms with van der Waals surface area (Å²) in [6.07, 6.45) is 8.98. The molecule has 0 heterocycles. The summed E-state index contributed by atoms with van der Waals surface area (Å²) >= 11 is 0. The van der Waals surface area contributed by atoms with Crippen LogP contribution in [0.3, 0.4) is 0 Å². The lowest BCUT2D eigenvalue weighted by Gasteiger charge is -2.31. The topological polar surface area (TPSA) is 17.1 Å². The van der Waals surface area contributed by atoms with Gasteiger partial charge in [-0.3, -0.25) is 4.79 Å². The fraction of sp³-hybridized carbons (Fsp3) is 0.583.